The zero-order chi connectivity index (χ0) is 18.1. The van der Waals surface area contributed by atoms with Gasteiger partial charge >= 0.3 is 5.97 Å². The molecular weight excluding hydrogens is 324 g/mol. The van der Waals surface area contributed by atoms with E-state index < -0.39 is 11.9 Å². The van der Waals surface area contributed by atoms with E-state index in [1.165, 1.54) is 25.5 Å². The van der Waals surface area contributed by atoms with Gasteiger partial charge in [-0.2, -0.15) is 5.26 Å². The Balaban J connectivity index is 2.01. The van der Waals surface area contributed by atoms with Crippen LogP contribution in [-0.4, -0.2) is 32.1 Å². The number of esters is 1. The maximum absolute atomic E-state index is 11.9. The molecule has 1 heterocycles. The highest BCUT2D eigenvalue weighted by Crippen LogP contribution is 2.16. The maximum atomic E-state index is 11.9. The van der Waals surface area contributed by atoms with Crippen molar-refractivity contribution in [2.75, 3.05) is 20.3 Å². The van der Waals surface area contributed by atoms with Crippen molar-refractivity contribution >= 4 is 18.0 Å². The van der Waals surface area contributed by atoms with Crippen molar-refractivity contribution in [3.05, 3.63) is 59.6 Å². The van der Waals surface area contributed by atoms with Gasteiger partial charge in [0.15, 0.2) is 0 Å². The van der Waals surface area contributed by atoms with Crippen molar-refractivity contribution in [1.82, 2.24) is 5.32 Å². The van der Waals surface area contributed by atoms with Gasteiger partial charge in [-0.25, -0.2) is 4.79 Å². The highest BCUT2D eigenvalue weighted by atomic mass is 16.5. The molecule has 0 radical (unpaired) electrons. The standard InChI is InChI=1S/C18H16N2O5/c1-23-10-8-20-17(21)14(12-19)11-13-4-6-15(7-5-13)25-18(22)16-3-2-9-24-16/h2-7,9,11H,8,10H2,1H3,(H,20,21)/b14-11+. The molecule has 0 aliphatic heterocycles. The zero-order valence-corrected chi connectivity index (χ0v) is 13.5. The molecule has 0 unspecified atom stereocenters. The van der Waals surface area contributed by atoms with Crippen molar-refractivity contribution < 1.29 is 23.5 Å². The Morgan fingerprint density at radius 2 is 2.04 bits per heavy atom. The van der Waals surface area contributed by atoms with Crippen LogP contribution in [-0.2, 0) is 9.53 Å². The second-order valence-electron chi connectivity index (χ2n) is 4.85. The molecule has 7 heteroatoms. The number of carbonyl (C=O) groups is 2. The molecule has 7 nitrogen and oxygen atoms in total. The molecule has 2 rings (SSSR count). The molecule has 0 aliphatic rings. The van der Waals surface area contributed by atoms with Crippen LogP contribution < -0.4 is 10.1 Å². The van der Waals surface area contributed by atoms with E-state index in [-0.39, 0.29) is 11.3 Å². The van der Waals surface area contributed by atoms with E-state index in [4.69, 9.17) is 19.2 Å². The molecule has 0 saturated carbocycles. The fourth-order valence-electron chi connectivity index (χ4n) is 1.86. The smallest absolute Gasteiger partial charge is 0.379 e. The van der Waals surface area contributed by atoms with Crippen LogP contribution >= 0.6 is 0 Å². The van der Waals surface area contributed by atoms with Crippen LogP contribution in [0.5, 0.6) is 5.75 Å². The summed E-state index contributed by atoms with van der Waals surface area (Å²) in [5.41, 5.74) is 0.590. The largest absolute Gasteiger partial charge is 0.457 e. The first kappa shape index (κ1) is 18.0. The van der Waals surface area contributed by atoms with Gasteiger partial charge in [0.1, 0.15) is 17.4 Å². The van der Waals surface area contributed by atoms with Gasteiger partial charge in [-0.05, 0) is 35.9 Å². The van der Waals surface area contributed by atoms with E-state index in [1.807, 2.05) is 6.07 Å². The Bertz CT molecular complexity index is 786. The van der Waals surface area contributed by atoms with Crippen LogP contribution in [0, 0.1) is 11.3 Å². The maximum Gasteiger partial charge on any atom is 0.379 e. The summed E-state index contributed by atoms with van der Waals surface area (Å²) in [6.45, 7) is 0.677. The van der Waals surface area contributed by atoms with Crippen LogP contribution in [0.3, 0.4) is 0 Å². The molecule has 0 aliphatic carbocycles. The molecule has 0 bridgehead atoms. The first-order valence-corrected chi connectivity index (χ1v) is 7.38. The van der Waals surface area contributed by atoms with Crippen molar-refractivity contribution in [3.63, 3.8) is 0 Å². The quantitative estimate of drug-likeness (QED) is 0.272. The van der Waals surface area contributed by atoms with Crippen LogP contribution in [0.15, 0.2) is 52.7 Å². The van der Waals surface area contributed by atoms with Gasteiger partial charge in [0.25, 0.3) is 5.91 Å². The van der Waals surface area contributed by atoms with Crippen molar-refractivity contribution in [2.24, 2.45) is 0 Å². The minimum atomic E-state index is -0.608. The van der Waals surface area contributed by atoms with Crippen molar-refractivity contribution in [2.45, 2.75) is 0 Å². The molecule has 1 amide bonds. The predicted molar refractivity (Wildman–Crippen MR) is 88.6 cm³/mol. The number of methoxy groups -OCH3 is 1. The summed E-state index contributed by atoms with van der Waals surface area (Å²) in [5, 5.41) is 11.7. The first-order chi connectivity index (χ1) is 12.1. The topological polar surface area (TPSA) is 102 Å². The lowest BCUT2D eigenvalue weighted by atomic mass is 10.1. The van der Waals surface area contributed by atoms with Gasteiger partial charge in [0.2, 0.25) is 5.76 Å². The molecule has 0 spiro atoms. The SMILES string of the molecule is COCCNC(=O)/C(C#N)=C/c1ccc(OC(=O)c2ccco2)cc1. The Morgan fingerprint density at radius 1 is 1.28 bits per heavy atom. The number of nitriles is 1. The Morgan fingerprint density at radius 3 is 2.64 bits per heavy atom. The number of carbonyl (C=O) groups excluding carboxylic acids is 2. The molecular formula is C18H16N2O5. The van der Waals surface area contributed by atoms with Gasteiger partial charge in [0, 0.05) is 13.7 Å². The number of amides is 1. The highest BCUT2D eigenvalue weighted by Gasteiger charge is 2.11. The number of nitrogens with one attached hydrogen (secondary N) is 1. The summed E-state index contributed by atoms with van der Waals surface area (Å²) in [6, 6.07) is 11.3. The minimum absolute atomic E-state index is 0.0311. The molecule has 0 atom stereocenters. The number of furan rings is 1. The van der Waals surface area contributed by atoms with E-state index in [1.54, 1.807) is 30.3 Å². The molecule has 128 valence electrons. The van der Waals surface area contributed by atoms with Crippen LogP contribution in [0.25, 0.3) is 6.08 Å². The van der Waals surface area contributed by atoms with Crippen LogP contribution in [0.2, 0.25) is 0 Å². The van der Waals surface area contributed by atoms with Crippen LogP contribution in [0.4, 0.5) is 0 Å². The Hall–Kier alpha value is -3.37. The number of hydrogen-bond donors (Lipinski definition) is 1. The van der Waals surface area contributed by atoms with Crippen molar-refractivity contribution in [1.29, 1.82) is 5.26 Å². The minimum Gasteiger partial charge on any atom is -0.457 e. The van der Waals surface area contributed by atoms with Crippen LogP contribution in [0.1, 0.15) is 16.1 Å². The molecule has 1 N–H and O–H groups in total. The monoisotopic (exact) mass is 340 g/mol. The van der Waals surface area contributed by atoms with Gasteiger partial charge in [-0.15, -0.1) is 0 Å². The fourth-order valence-corrected chi connectivity index (χ4v) is 1.86. The average Bonchev–Trinajstić information content (AvgIpc) is 3.16. The lowest BCUT2D eigenvalue weighted by Gasteiger charge is -2.04. The van der Waals surface area contributed by atoms with E-state index >= 15 is 0 Å². The second kappa shape index (κ2) is 9.05. The molecule has 1 aromatic heterocycles. The summed E-state index contributed by atoms with van der Waals surface area (Å²) in [7, 11) is 1.52. The van der Waals surface area contributed by atoms with Gasteiger partial charge < -0.3 is 19.2 Å². The molecule has 2 aromatic rings. The van der Waals surface area contributed by atoms with Gasteiger partial charge in [-0.3, -0.25) is 4.79 Å². The molecule has 0 saturated heterocycles. The third-order valence-corrected chi connectivity index (χ3v) is 3.08. The number of rotatable bonds is 7. The first-order valence-electron chi connectivity index (χ1n) is 7.38. The summed E-state index contributed by atoms with van der Waals surface area (Å²) < 4.78 is 14.9. The van der Waals surface area contributed by atoms with E-state index in [9.17, 15) is 9.59 Å². The van der Waals surface area contributed by atoms with Gasteiger partial charge in [-0.1, -0.05) is 12.1 Å². The van der Waals surface area contributed by atoms with E-state index in [0.29, 0.717) is 24.5 Å². The normalized spacial score (nSPS) is 10.8. The number of benzene rings is 1. The summed E-state index contributed by atoms with van der Waals surface area (Å²) >= 11 is 0. The average molecular weight is 340 g/mol. The highest BCUT2D eigenvalue weighted by molar-refractivity contribution is 6.01. The Kier molecular flexibility index (Phi) is 6.51. The summed E-state index contributed by atoms with van der Waals surface area (Å²) in [5.74, 6) is -0.665. The van der Waals surface area contributed by atoms with Crippen molar-refractivity contribution in [3.8, 4) is 11.8 Å². The number of ether oxygens (including phenoxy) is 2. The molecule has 25 heavy (non-hydrogen) atoms. The second-order valence-corrected chi connectivity index (χ2v) is 4.85. The third-order valence-electron chi connectivity index (χ3n) is 3.08. The lowest BCUT2D eigenvalue weighted by Crippen LogP contribution is -2.27. The summed E-state index contributed by atoms with van der Waals surface area (Å²) in [6.07, 6.45) is 2.83. The number of nitrogens with zero attached hydrogens (tertiary/aromatic N) is 1. The number of hydrogen-bond acceptors (Lipinski definition) is 6. The third kappa shape index (κ3) is 5.34. The predicted octanol–water partition coefficient (Wildman–Crippen LogP) is 2.17. The summed E-state index contributed by atoms with van der Waals surface area (Å²) in [4.78, 5) is 23.6. The van der Waals surface area contributed by atoms with E-state index in [0.717, 1.165) is 0 Å². The molecule has 0 fully saturated rings. The van der Waals surface area contributed by atoms with E-state index in [2.05, 4.69) is 5.32 Å². The zero-order valence-electron chi connectivity index (χ0n) is 13.5. The van der Waals surface area contributed by atoms with Gasteiger partial charge in [0.05, 0.1) is 12.9 Å². The molecule has 1 aromatic carbocycles. The Labute approximate surface area is 144 Å². The fraction of sp³-hybridized carbons (Fsp3) is 0.167. The lowest BCUT2D eigenvalue weighted by molar-refractivity contribution is -0.117.